The maximum atomic E-state index is 12.7. The number of aromatic nitrogens is 2. The third-order valence-electron chi connectivity index (χ3n) is 2.81. The minimum absolute atomic E-state index is 0.0854. The number of halogens is 3. The summed E-state index contributed by atoms with van der Waals surface area (Å²) >= 11 is 0. The van der Waals surface area contributed by atoms with E-state index in [0.29, 0.717) is 12.6 Å². The quantitative estimate of drug-likeness (QED) is 0.864. The molecule has 1 unspecified atom stereocenters. The Morgan fingerprint density at radius 2 is 2.11 bits per heavy atom. The highest BCUT2D eigenvalue weighted by atomic mass is 19.4. The molecule has 0 bridgehead atoms. The molecule has 0 aromatic carbocycles. The van der Waals surface area contributed by atoms with Gasteiger partial charge in [-0.2, -0.15) is 18.3 Å². The first-order valence-electron chi connectivity index (χ1n) is 5.67. The van der Waals surface area contributed by atoms with E-state index in [1.54, 1.807) is 16.9 Å². The molecule has 0 amide bonds. The first-order valence-corrected chi connectivity index (χ1v) is 5.67. The smallest absolute Gasteiger partial charge is 0.417 e. The minimum atomic E-state index is -4.89. The number of nitrogens with one attached hydrogen (secondary N) is 1. The van der Waals surface area contributed by atoms with Crippen molar-refractivity contribution < 1.29 is 23.1 Å². The minimum Gasteiger partial charge on any atom is -0.480 e. The normalized spacial score (nSPS) is 15.5. The fraction of sp³-hybridized carbons (Fsp3) is 0.636. The van der Waals surface area contributed by atoms with Crippen LogP contribution in [0.15, 0.2) is 12.3 Å². The van der Waals surface area contributed by atoms with Crippen molar-refractivity contribution in [2.75, 3.05) is 0 Å². The Morgan fingerprint density at radius 1 is 1.53 bits per heavy atom. The zero-order valence-electron chi connectivity index (χ0n) is 10.8. The highest BCUT2D eigenvalue weighted by Gasteiger charge is 2.57. The Labute approximate surface area is 108 Å². The number of nitrogens with zero attached hydrogens (tertiary/aromatic N) is 2. The van der Waals surface area contributed by atoms with Crippen molar-refractivity contribution in [3.05, 3.63) is 18.0 Å². The van der Waals surface area contributed by atoms with Crippen LogP contribution in [0, 0.1) is 0 Å². The predicted octanol–water partition coefficient (Wildman–Crippen LogP) is 1.96. The molecule has 5 nitrogen and oxygen atoms in total. The van der Waals surface area contributed by atoms with Gasteiger partial charge in [-0.15, -0.1) is 0 Å². The van der Waals surface area contributed by atoms with Crippen LogP contribution in [0.25, 0.3) is 0 Å². The van der Waals surface area contributed by atoms with Crippen LogP contribution in [0.3, 0.4) is 0 Å². The molecular weight excluding hydrogens is 263 g/mol. The van der Waals surface area contributed by atoms with Gasteiger partial charge in [0, 0.05) is 18.8 Å². The van der Waals surface area contributed by atoms with Gasteiger partial charge in [-0.05, 0) is 26.8 Å². The van der Waals surface area contributed by atoms with Gasteiger partial charge in [-0.25, -0.2) is 4.79 Å². The largest absolute Gasteiger partial charge is 0.480 e. The van der Waals surface area contributed by atoms with Gasteiger partial charge in [0.25, 0.3) is 0 Å². The Bertz CT molecular complexity index is 456. The molecule has 0 aliphatic heterocycles. The number of carboxylic acids is 1. The van der Waals surface area contributed by atoms with Crippen molar-refractivity contribution in [1.82, 2.24) is 15.1 Å². The van der Waals surface area contributed by atoms with E-state index in [1.165, 1.54) is 0 Å². The summed E-state index contributed by atoms with van der Waals surface area (Å²) in [6, 6.07) is 1.63. The molecule has 8 heteroatoms. The number of aliphatic carboxylic acids is 1. The lowest BCUT2D eigenvalue weighted by molar-refractivity contribution is -0.206. The molecule has 1 aromatic heterocycles. The summed E-state index contributed by atoms with van der Waals surface area (Å²) in [5, 5.41) is 14.8. The van der Waals surface area contributed by atoms with E-state index in [0.717, 1.165) is 0 Å². The lowest BCUT2D eigenvalue weighted by atomic mass is 10.0. The molecule has 1 atom stereocenters. The molecule has 0 spiro atoms. The lowest BCUT2D eigenvalue weighted by Gasteiger charge is -2.28. The van der Waals surface area contributed by atoms with Crippen LogP contribution >= 0.6 is 0 Å². The van der Waals surface area contributed by atoms with Crippen LogP contribution < -0.4 is 5.32 Å². The third kappa shape index (κ3) is 3.25. The summed E-state index contributed by atoms with van der Waals surface area (Å²) in [6.07, 6.45) is -3.26. The van der Waals surface area contributed by atoms with Gasteiger partial charge in [-0.1, -0.05) is 0 Å². The topological polar surface area (TPSA) is 67.2 Å². The molecule has 1 rings (SSSR count). The monoisotopic (exact) mass is 279 g/mol. The molecule has 1 heterocycles. The summed E-state index contributed by atoms with van der Waals surface area (Å²) in [6.45, 7) is 4.07. The summed E-state index contributed by atoms with van der Waals surface area (Å²) in [5.74, 6) is -1.97. The number of carboxylic acid groups (broad SMARTS) is 1. The highest BCUT2D eigenvalue weighted by Crippen LogP contribution is 2.30. The second-order valence-electron chi connectivity index (χ2n) is 4.66. The maximum Gasteiger partial charge on any atom is 0.417 e. The van der Waals surface area contributed by atoms with Crippen LogP contribution in [0.1, 0.15) is 32.5 Å². The van der Waals surface area contributed by atoms with Gasteiger partial charge in [-0.3, -0.25) is 10.00 Å². The summed E-state index contributed by atoms with van der Waals surface area (Å²) in [7, 11) is 0. The predicted molar refractivity (Wildman–Crippen MR) is 61.5 cm³/mol. The molecule has 1 aromatic rings. The molecule has 0 saturated heterocycles. The number of carbonyl (C=O) groups is 1. The van der Waals surface area contributed by atoms with Crippen molar-refractivity contribution in [2.45, 2.75) is 45.1 Å². The van der Waals surface area contributed by atoms with E-state index in [1.807, 2.05) is 19.2 Å². The zero-order valence-corrected chi connectivity index (χ0v) is 10.8. The molecule has 0 radical (unpaired) electrons. The van der Waals surface area contributed by atoms with E-state index in [-0.39, 0.29) is 12.6 Å². The molecular formula is C11H16F3N3O2. The number of hydrogen-bond acceptors (Lipinski definition) is 3. The number of hydrogen-bond donors (Lipinski definition) is 2. The SMILES string of the molecule is CC(C)n1ccc(CNC(C)(C(=O)O)C(F)(F)F)n1. The Hall–Kier alpha value is -1.57. The van der Waals surface area contributed by atoms with E-state index >= 15 is 0 Å². The number of alkyl halides is 3. The first kappa shape index (κ1) is 15.5. The van der Waals surface area contributed by atoms with Gasteiger partial charge < -0.3 is 5.11 Å². The highest BCUT2D eigenvalue weighted by molar-refractivity contribution is 5.79. The van der Waals surface area contributed by atoms with Crippen LogP contribution in [-0.2, 0) is 11.3 Å². The van der Waals surface area contributed by atoms with Crippen molar-refractivity contribution in [2.24, 2.45) is 0 Å². The average molecular weight is 279 g/mol. The Morgan fingerprint density at radius 3 is 2.47 bits per heavy atom. The van der Waals surface area contributed by atoms with Crippen LogP contribution in [0.2, 0.25) is 0 Å². The van der Waals surface area contributed by atoms with Gasteiger partial charge in [0.05, 0.1) is 5.69 Å². The van der Waals surface area contributed by atoms with E-state index < -0.39 is 17.7 Å². The van der Waals surface area contributed by atoms with E-state index in [2.05, 4.69) is 5.10 Å². The van der Waals surface area contributed by atoms with Crippen molar-refractivity contribution in [3.8, 4) is 0 Å². The van der Waals surface area contributed by atoms with Gasteiger partial charge in [0.2, 0.25) is 5.54 Å². The van der Waals surface area contributed by atoms with Crippen molar-refractivity contribution in [3.63, 3.8) is 0 Å². The first-order chi connectivity index (χ1) is 8.58. The standard InChI is InChI=1S/C11H16F3N3O2/c1-7(2)17-5-4-8(16-17)6-15-10(3,9(18)19)11(12,13)14/h4-5,7,15H,6H2,1-3H3,(H,18,19). The van der Waals surface area contributed by atoms with Crippen LogP contribution in [-0.4, -0.2) is 32.6 Å². The number of rotatable bonds is 5. The van der Waals surface area contributed by atoms with Crippen molar-refractivity contribution in [1.29, 1.82) is 0 Å². The molecule has 108 valence electrons. The lowest BCUT2D eigenvalue weighted by Crippen LogP contribution is -2.59. The summed E-state index contributed by atoms with van der Waals surface area (Å²) in [4.78, 5) is 10.8. The van der Waals surface area contributed by atoms with E-state index in [9.17, 15) is 18.0 Å². The fourth-order valence-electron chi connectivity index (χ4n) is 1.32. The molecule has 0 saturated carbocycles. The summed E-state index contributed by atoms with van der Waals surface area (Å²) < 4.78 is 39.8. The van der Waals surface area contributed by atoms with E-state index in [4.69, 9.17) is 5.11 Å². The Kier molecular flexibility index (Phi) is 4.24. The van der Waals surface area contributed by atoms with Gasteiger partial charge in [0.1, 0.15) is 0 Å². The molecule has 0 aliphatic rings. The van der Waals surface area contributed by atoms with Gasteiger partial charge >= 0.3 is 12.1 Å². The second kappa shape index (κ2) is 5.20. The maximum absolute atomic E-state index is 12.7. The Balaban J connectivity index is 2.80. The third-order valence-corrected chi connectivity index (χ3v) is 2.81. The van der Waals surface area contributed by atoms with Crippen molar-refractivity contribution >= 4 is 5.97 Å². The van der Waals surface area contributed by atoms with Gasteiger partial charge in [0.15, 0.2) is 0 Å². The zero-order chi connectivity index (χ0) is 14.8. The fourth-order valence-corrected chi connectivity index (χ4v) is 1.32. The average Bonchev–Trinajstić information content (AvgIpc) is 2.72. The second-order valence-corrected chi connectivity index (χ2v) is 4.66. The molecule has 0 fully saturated rings. The molecule has 19 heavy (non-hydrogen) atoms. The van der Waals surface area contributed by atoms with Crippen LogP contribution in [0.4, 0.5) is 13.2 Å². The molecule has 0 aliphatic carbocycles. The van der Waals surface area contributed by atoms with Crippen LogP contribution in [0.5, 0.6) is 0 Å². The molecule has 2 N–H and O–H groups in total. The summed E-state index contributed by atoms with van der Waals surface area (Å²) in [5.41, 5.74) is -2.64.